The van der Waals surface area contributed by atoms with Crippen molar-refractivity contribution < 1.29 is 27.1 Å². The van der Waals surface area contributed by atoms with Crippen LogP contribution in [-0.2, 0) is 17.9 Å². The lowest BCUT2D eigenvalue weighted by Crippen LogP contribution is -2.23. The van der Waals surface area contributed by atoms with Gasteiger partial charge in [-0.25, -0.2) is 0 Å². The van der Waals surface area contributed by atoms with Gasteiger partial charge in [0.25, 0.3) is 5.91 Å². The molecular weight excluding hydrogens is 375 g/mol. The molecule has 9 heteroatoms. The van der Waals surface area contributed by atoms with Crippen LogP contribution in [0.25, 0.3) is 11.5 Å². The number of ether oxygens (including phenoxy) is 1. The van der Waals surface area contributed by atoms with Gasteiger partial charge in [0.2, 0.25) is 0 Å². The normalized spacial score (nSPS) is 11.6. The minimum absolute atomic E-state index is 0.131. The molecule has 3 rings (SSSR count). The average Bonchev–Trinajstić information content (AvgIpc) is 3.29. The molecule has 2 heterocycles. The second-order valence-electron chi connectivity index (χ2n) is 6.18. The summed E-state index contributed by atoms with van der Waals surface area (Å²) >= 11 is 0. The lowest BCUT2D eigenvalue weighted by atomic mass is 10.1. The lowest BCUT2D eigenvalue weighted by molar-refractivity contribution is -0.176. The molecular formula is C19H18F3N3O3. The molecule has 1 amide bonds. The van der Waals surface area contributed by atoms with E-state index in [0.717, 1.165) is 11.3 Å². The molecule has 2 aromatic heterocycles. The van der Waals surface area contributed by atoms with Gasteiger partial charge in [0.1, 0.15) is 18.1 Å². The Balaban J connectivity index is 1.50. The van der Waals surface area contributed by atoms with Gasteiger partial charge in [0, 0.05) is 12.6 Å². The van der Waals surface area contributed by atoms with E-state index < -0.39 is 12.8 Å². The molecule has 0 bridgehead atoms. The van der Waals surface area contributed by atoms with Crippen LogP contribution in [0.15, 0.2) is 46.9 Å². The SMILES string of the molecule is Cc1ccc(-c2cc(C(=O)NCc3ccc(COCC(F)(F)F)cc3)n[nH]2)o1. The van der Waals surface area contributed by atoms with E-state index in [1.54, 1.807) is 36.4 Å². The number of aromatic nitrogens is 2. The van der Waals surface area contributed by atoms with Gasteiger partial charge in [0.05, 0.1) is 6.61 Å². The maximum atomic E-state index is 12.2. The number of H-pyrrole nitrogens is 1. The summed E-state index contributed by atoms with van der Waals surface area (Å²) in [6.07, 6.45) is -4.34. The zero-order valence-corrected chi connectivity index (χ0v) is 15.0. The van der Waals surface area contributed by atoms with Crippen LogP contribution in [-0.4, -0.2) is 28.9 Å². The maximum absolute atomic E-state index is 12.2. The van der Waals surface area contributed by atoms with Gasteiger partial charge >= 0.3 is 6.18 Å². The van der Waals surface area contributed by atoms with E-state index in [1.165, 1.54) is 0 Å². The first-order chi connectivity index (χ1) is 13.3. The Morgan fingerprint density at radius 2 is 1.89 bits per heavy atom. The van der Waals surface area contributed by atoms with Crippen LogP contribution in [0.2, 0.25) is 0 Å². The Morgan fingerprint density at radius 1 is 1.18 bits per heavy atom. The third-order valence-electron chi connectivity index (χ3n) is 3.83. The summed E-state index contributed by atoms with van der Waals surface area (Å²) < 4.78 is 46.3. The zero-order valence-electron chi connectivity index (χ0n) is 15.0. The van der Waals surface area contributed by atoms with Gasteiger partial charge in [-0.05, 0) is 30.2 Å². The molecule has 6 nitrogen and oxygen atoms in total. The predicted octanol–water partition coefficient (Wildman–Crippen LogP) is 3.99. The molecule has 0 saturated heterocycles. The highest BCUT2D eigenvalue weighted by atomic mass is 19.4. The number of rotatable bonds is 7. The summed E-state index contributed by atoms with van der Waals surface area (Å²) in [7, 11) is 0. The fraction of sp³-hybridized carbons (Fsp3) is 0.263. The molecule has 0 saturated carbocycles. The Hall–Kier alpha value is -3.07. The number of benzene rings is 1. The maximum Gasteiger partial charge on any atom is 0.411 e. The quantitative estimate of drug-likeness (QED) is 0.636. The van der Waals surface area contributed by atoms with E-state index in [4.69, 9.17) is 4.42 Å². The standard InChI is InChI=1S/C19H18F3N3O3/c1-12-2-7-17(28-12)15-8-16(25-24-15)18(26)23-9-13-3-5-14(6-4-13)10-27-11-19(20,21)22/h2-8H,9-11H2,1H3,(H,23,26)(H,24,25). The fourth-order valence-corrected chi connectivity index (χ4v) is 2.45. The van der Waals surface area contributed by atoms with Gasteiger partial charge in [-0.1, -0.05) is 24.3 Å². The van der Waals surface area contributed by atoms with E-state index in [2.05, 4.69) is 20.3 Å². The Labute approximate surface area is 158 Å². The second kappa shape index (κ2) is 8.30. The van der Waals surface area contributed by atoms with Crippen LogP contribution < -0.4 is 5.32 Å². The molecule has 0 fully saturated rings. The van der Waals surface area contributed by atoms with Crippen molar-refractivity contribution in [2.75, 3.05) is 6.61 Å². The number of hydrogen-bond donors (Lipinski definition) is 2. The number of alkyl halides is 3. The molecule has 3 aromatic rings. The number of nitrogens with one attached hydrogen (secondary N) is 2. The smallest absolute Gasteiger partial charge is 0.411 e. The van der Waals surface area contributed by atoms with Crippen molar-refractivity contribution in [3.8, 4) is 11.5 Å². The molecule has 0 aliphatic heterocycles. The Bertz CT molecular complexity index is 930. The first-order valence-corrected chi connectivity index (χ1v) is 8.43. The molecule has 0 spiro atoms. The average molecular weight is 393 g/mol. The van der Waals surface area contributed by atoms with Crippen LogP contribution in [0.3, 0.4) is 0 Å². The molecule has 2 N–H and O–H groups in total. The number of furan rings is 1. The van der Waals surface area contributed by atoms with E-state index >= 15 is 0 Å². The number of carbonyl (C=O) groups excluding carboxylic acids is 1. The predicted molar refractivity (Wildman–Crippen MR) is 94.3 cm³/mol. The molecule has 0 aliphatic carbocycles. The van der Waals surface area contributed by atoms with Crippen LogP contribution >= 0.6 is 0 Å². The fourth-order valence-electron chi connectivity index (χ4n) is 2.45. The Kier molecular flexibility index (Phi) is 5.84. The summed E-state index contributed by atoms with van der Waals surface area (Å²) in [4.78, 5) is 12.2. The topological polar surface area (TPSA) is 80.1 Å². The number of hydrogen-bond acceptors (Lipinski definition) is 4. The summed E-state index contributed by atoms with van der Waals surface area (Å²) in [5, 5.41) is 9.47. The minimum Gasteiger partial charge on any atom is -0.460 e. The van der Waals surface area contributed by atoms with Crippen molar-refractivity contribution in [3.63, 3.8) is 0 Å². The zero-order chi connectivity index (χ0) is 20.1. The monoisotopic (exact) mass is 393 g/mol. The number of amides is 1. The molecule has 0 unspecified atom stereocenters. The molecule has 0 radical (unpaired) electrons. The van der Waals surface area contributed by atoms with E-state index in [9.17, 15) is 18.0 Å². The lowest BCUT2D eigenvalue weighted by Gasteiger charge is -2.08. The molecule has 0 atom stereocenters. The Morgan fingerprint density at radius 3 is 2.54 bits per heavy atom. The van der Waals surface area contributed by atoms with Crippen molar-refractivity contribution in [3.05, 3.63) is 65.0 Å². The number of carbonyl (C=O) groups is 1. The minimum atomic E-state index is -4.34. The van der Waals surface area contributed by atoms with Gasteiger partial charge in [-0.15, -0.1) is 0 Å². The van der Waals surface area contributed by atoms with Crippen molar-refractivity contribution >= 4 is 5.91 Å². The van der Waals surface area contributed by atoms with Crippen LogP contribution in [0, 0.1) is 6.92 Å². The largest absolute Gasteiger partial charge is 0.460 e. The molecule has 28 heavy (non-hydrogen) atoms. The number of halogens is 3. The van der Waals surface area contributed by atoms with Crippen LogP contribution in [0.4, 0.5) is 13.2 Å². The second-order valence-corrected chi connectivity index (χ2v) is 6.18. The van der Waals surface area contributed by atoms with Gasteiger partial charge < -0.3 is 14.5 Å². The van der Waals surface area contributed by atoms with E-state index in [-0.39, 0.29) is 24.8 Å². The van der Waals surface area contributed by atoms with Gasteiger partial charge in [0.15, 0.2) is 11.5 Å². The van der Waals surface area contributed by atoms with Crippen molar-refractivity contribution in [2.45, 2.75) is 26.3 Å². The van der Waals surface area contributed by atoms with Crippen LogP contribution in [0.1, 0.15) is 27.4 Å². The first-order valence-electron chi connectivity index (χ1n) is 8.43. The number of aromatic amines is 1. The van der Waals surface area contributed by atoms with E-state index in [0.29, 0.717) is 17.0 Å². The highest BCUT2D eigenvalue weighted by Gasteiger charge is 2.27. The summed E-state index contributed by atoms with van der Waals surface area (Å²) in [6.45, 7) is 0.661. The highest BCUT2D eigenvalue weighted by Crippen LogP contribution is 2.20. The third-order valence-corrected chi connectivity index (χ3v) is 3.83. The molecule has 0 aliphatic rings. The van der Waals surface area contributed by atoms with Gasteiger partial charge in [-0.2, -0.15) is 18.3 Å². The number of nitrogens with zero attached hydrogens (tertiary/aromatic N) is 1. The van der Waals surface area contributed by atoms with E-state index in [1.807, 2.05) is 13.0 Å². The van der Waals surface area contributed by atoms with Gasteiger partial charge in [-0.3, -0.25) is 9.89 Å². The van der Waals surface area contributed by atoms with Crippen molar-refractivity contribution in [1.29, 1.82) is 0 Å². The molecule has 1 aromatic carbocycles. The third kappa shape index (κ3) is 5.46. The van der Waals surface area contributed by atoms with Crippen molar-refractivity contribution in [2.24, 2.45) is 0 Å². The summed E-state index contributed by atoms with van der Waals surface area (Å²) in [5.74, 6) is 0.985. The number of aryl methyl sites for hydroxylation is 1. The first kappa shape index (κ1) is 19.7. The molecule has 148 valence electrons. The van der Waals surface area contributed by atoms with Crippen molar-refractivity contribution in [1.82, 2.24) is 15.5 Å². The summed E-state index contributed by atoms with van der Waals surface area (Å²) in [6, 6.07) is 11.9. The van der Waals surface area contributed by atoms with Crippen LogP contribution in [0.5, 0.6) is 0 Å². The highest BCUT2D eigenvalue weighted by molar-refractivity contribution is 5.93. The summed E-state index contributed by atoms with van der Waals surface area (Å²) in [5.41, 5.74) is 2.23.